The zero-order valence-corrected chi connectivity index (χ0v) is 11.2. The Hall–Kier alpha value is -1.78. The summed E-state index contributed by atoms with van der Waals surface area (Å²) >= 11 is 0. The molecule has 0 amide bonds. The lowest BCUT2D eigenvalue weighted by Gasteiger charge is -2.22. The molecule has 0 heterocycles. The Morgan fingerprint density at radius 2 is 1.50 bits per heavy atom. The number of hydrogen-bond acceptors (Lipinski definition) is 5. The number of halogens is 6. The highest BCUT2D eigenvalue weighted by atomic mass is 19.4. The third-order valence-corrected chi connectivity index (χ3v) is 1.90. The normalized spacial score (nSPS) is 12.2. The van der Waals surface area contributed by atoms with Crippen LogP contribution in [0.2, 0.25) is 0 Å². The molecule has 0 aromatic carbocycles. The van der Waals surface area contributed by atoms with Gasteiger partial charge in [-0.1, -0.05) is 6.58 Å². The minimum Gasteiger partial charge on any atom is -0.461 e. The summed E-state index contributed by atoms with van der Waals surface area (Å²) < 4.78 is 84.6. The van der Waals surface area contributed by atoms with Crippen molar-refractivity contribution in [2.24, 2.45) is 0 Å². The number of rotatable bonds is 7. The van der Waals surface area contributed by atoms with Gasteiger partial charge in [0.1, 0.15) is 6.61 Å². The van der Waals surface area contributed by atoms with Crippen LogP contribution in [0, 0.1) is 0 Å². The van der Waals surface area contributed by atoms with Gasteiger partial charge in [0.25, 0.3) is 0 Å². The van der Waals surface area contributed by atoms with Crippen molar-refractivity contribution in [1.29, 1.82) is 0 Å². The van der Waals surface area contributed by atoms with E-state index in [1.165, 1.54) is 6.92 Å². The third-order valence-electron chi connectivity index (χ3n) is 1.90. The maximum Gasteiger partial charge on any atom is 0.423 e. The average Bonchev–Trinajstić information content (AvgIpc) is 2.31. The van der Waals surface area contributed by atoms with Gasteiger partial charge in [-0.15, -0.1) is 0 Å². The molecule has 22 heavy (non-hydrogen) atoms. The summed E-state index contributed by atoms with van der Waals surface area (Å²) in [5.41, 5.74) is -0.00525. The van der Waals surface area contributed by atoms with Crippen molar-refractivity contribution in [1.82, 2.24) is 0 Å². The molecule has 0 saturated carbocycles. The van der Waals surface area contributed by atoms with E-state index in [9.17, 15) is 35.9 Å². The molecule has 0 aliphatic carbocycles. The topological polar surface area (TPSA) is 61.8 Å². The number of esters is 2. The van der Waals surface area contributed by atoms with Gasteiger partial charge in [0, 0.05) is 5.57 Å². The molecule has 0 atom stereocenters. The van der Waals surface area contributed by atoms with Gasteiger partial charge >= 0.3 is 24.3 Å². The number of carbonyl (C=O) groups is 2. The van der Waals surface area contributed by atoms with Gasteiger partial charge in [0.2, 0.25) is 6.10 Å². The van der Waals surface area contributed by atoms with Crippen molar-refractivity contribution in [3.63, 3.8) is 0 Å². The van der Waals surface area contributed by atoms with Crippen LogP contribution in [-0.2, 0) is 23.8 Å². The second-order valence-corrected chi connectivity index (χ2v) is 3.91. The molecule has 5 nitrogen and oxygen atoms in total. The van der Waals surface area contributed by atoms with E-state index in [2.05, 4.69) is 20.8 Å². The molecule has 0 aliphatic heterocycles. The van der Waals surface area contributed by atoms with Crippen molar-refractivity contribution in [2.45, 2.75) is 25.4 Å². The molecule has 0 fully saturated rings. The van der Waals surface area contributed by atoms with Crippen LogP contribution in [0.4, 0.5) is 26.3 Å². The van der Waals surface area contributed by atoms with Crippen molar-refractivity contribution < 1.29 is 50.1 Å². The number of carbonyl (C=O) groups excluding carboxylic acids is 2. The zero-order chi connectivity index (χ0) is 17.6. The average molecular weight is 338 g/mol. The van der Waals surface area contributed by atoms with E-state index < -0.39 is 50.2 Å². The Morgan fingerprint density at radius 1 is 1.00 bits per heavy atom. The molecule has 0 aromatic rings. The van der Waals surface area contributed by atoms with Crippen molar-refractivity contribution in [2.75, 3.05) is 19.8 Å². The number of ether oxygens (including phenoxy) is 3. The van der Waals surface area contributed by atoms with E-state index in [0.29, 0.717) is 0 Å². The Bertz CT molecular complexity index is 400. The molecular formula is C11H12F6O5. The fraction of sp³-hybridized carbons (Fsp3) is 0.636. The fourth-order valence-corrected chi connectivity index (χ4v) is 0.985. The molecule has 11 heteroatoms. The second-order valence-electron chi connectivity index (χ2n) is 3.91. The van der Waals surface area contributed by atoms with Crippen LogP contribution in [0.5, 0.6) is 0 Å². The van der Waals surface area contributed by atoms with Crippen LogP contribution >= 0.6 is 0 Å². The highest BCUT2D eigenvalue weighted by Gasteiger charge is 2.57. The van der Waals surface area contributed by atoms with E-state index >= 15 is 0 Å². The van der Waals surface area contributed by atoms with Gasteiger partial charge in [-0.05, 0) is 6.92 Å². The Balaban J connectivity index is 4.12. The van der Waals surface area contributed by atoms with Crippen LogP contribution in [0.15, 0.2) is 12.2 Å². The molecule has 0 unspecified atom stereocenters. The summed E-state index contributed by atoms with van der Waals surface area (Å²) in [4.78, 5) is 21.9. The largest absolute Gasteiger partial charge is 0.461 e. The monoisotopic (exact) mass is 338 g/mol. The van der Waals surface area contributed by atoms with Gasteiger partial charge in [0.15, 0.2) is 6.61 Å². The van der Waals surface area contributed by atoms with Crippen LogP contribution in [0.1, 0.15) is 6.92 Å². The predicted molar refractivity (Wildman–Crippen MR) is 58.6 cm³/mol. The molecular weight excluding hydrogens is 326 g/mol. The van der Waals surface area contributed by atoms with Crippen molar-refractivity contribution in [3.8, 4) is 0 Å². The first-order valence-electron chi connectivity index (χ1n) is 5.59. The van der Waals surface area contributed by atoms with Crippen LogP contribution in [0.25, 0.3) is 0 Å². The summed E-state index contributed by atoms with van der Waals surface area (Å²) in [5, 5.41) is 0. The van der Waals surface area contributed by atoms with Crippen molar-refractivity contribution in [3.05, 3.63) is 12.2 Å². The zero-order valence-electron chi connectivity index (χ0n) is 11.2. The number of hydrogen-bond donors (Lipinski definition) is 0. The van der Waals surface area contributed by atoms with Gasteiger partial charge in [-0.2, -0.15) is 26.3 Å². The van der Waals surface area contributed by atoms with E-state index in [4.69, 9.17) is 0 Å². The molecule has 0 bridgehead atoms. The van der Waals surface area contributed by atoms with Gasteiger partial charge in [-0.25, -0.2) is 9.59 Å². The quantitative estimate of drug-likeness (QED) is 0.308. The molecule has 0 saturated heterocycles. The molecule has 0 radical (unpaired) electrons. The molecule has 0 N–H and O–H groups in total. The summed E-state index contributed by atoms with van der Waals surface area (Å²) in [6.45, 7) is 1.66. The van der Waals surface area contributed by atoms with Crippen LogP contribution in [-0.4, -0.2) is 50.2 Å². The van der Waals surface area contributed by atoms with Crippen LogP contribution in [0.3, 0.4) is 0 Å². The van der Waals surface area contributed by atoms with E-state index in [1.54, 1.807) is 0 Å². The molecule has 0 aromatic heterocycles. The maximum absolute atomic E-state index is 12.1. The Kier molecular flexibility index (Phi) is 7.36. The first-order chi connectivity index (χ1) is 9.85. The van der Waals surface area contributed by atoms with E-state index in [0.717, 1.165) is 0 Å². The lowest BCUT2D eigenvalue weighted by atomic mass is 10.3. The lowest BCUT2D eigenvalue weighted by molar-refractivity contribution is -0.322. The maximum atomic E-state index is 12.1. The van der Waals surface area contributed by atoms with Gasteiger partial charge in [-0.3, -0.25) is 0 Å². The lowest BCUT2D eigenvalue weighted by Crippen LogP contribution is -2.44. The standard InChI is InChI=1S/C11H12F6O5/c1-6(2)8(19)22-5-7(18)20-3-4-21-9(10(12,13)14)11(15,16)17/h9H,1,3-5H2,2H3. The summed E-state index contributed by atoms with van der Waals surface area (Å²) in [5.74, 6) is -2.06. The number of alkyl halides is 6. The van der Waals surface area contributed by atoms with Crippen LogP contribution < -0.4 is 0 Å². The highest BCUT2D eigenvalue weighted by molar-refractivity contribution is 5.88. The highest BCUT2D eigenvalue weighted by Crippen LogP contribution is 2.35. The van der Waals surface area contributed by atoms with E-state index in [-0.39, 0.29) is 5.57 Å². The first-order valence-corrected chi connectivity index (χ1v) is 5.59. The first kappa shape index (κ1) is 20.2. The van der Waals surface area contributed by atoms with E-state index in [1.807, 2.05) is 0 Å². The molecule has 128 valence electrons. The summed E-state index contributed by atoms with van der Waals surface area (Å²) in [6.07, 6.45) is -15.3. The minimum absolute atomic E-state index is 0.00525. The summed E-state index contributed by atoms with van der Waals surface area (Å²) in [6, 6.07) is 0. The third kappa shape index (κ3) is 7.86. The summed E-state index contributed by atoms with van der Waals surface area (Å²) in [7, 11) is 0. The van der Waals surface area contributed by atoms with Gasteiger partial charge in [0.05, 0.1) is 6.61 Å². The SMILES string of the molecule is C=C(C)C(=O)OCC(=O)OCCOC(C(F)(F)F)C(F)(F)F. The fourth-order valence-electron chi connectivity index (χ4n) is 0.985. The Morgan fingerprint density at radius 3 is 1.91 bits per heavy atom. The molecule has 0 spiro atoms. The smallest absolute Gasteiger partial charge is 0.423 e. The molecule has 0 rings (SSSR count). The Labute approximate surface area is 120 Å². The van der Waals surface area contributed by atoms with Crippen molar-refractivity contribution >= 4 is 11.9 Å². The minimum atomic E-state index is -5.64. The van der Waals surface area contributed by atoms with Gasteiger partial charge < -0.3 is 14.2 Å². The molecule has 0 aliphatic rings. The predicted octanol–water partition coefficient (Wildman–Crippen LogP) is 2.16. The second kappa shape index (κ2) is 8.01.